The molecule has 0 saturated carbocycles. The number of benzene rings is 1. The van der Waals surface area contributed by atoms with Crippen molar-refractivity contribution in [3.63, 3.8) is 0 Å². The van der Waals surface area contributed by atoms with Gasteiger partial charge in [0.2, 0.25) is 0 Å². The molecule has 1 aromatic carbocycles. The van der Waals surface area contributed by atoms with E-state index in [-0.39, 0.29) is 24.5 Å². The first kappa shape index (κ1) is 11.5. The highest BCUT2D eigenvalue weighted by atomic mass is 16.5. The number of phenolic OH excluding ortho intramolecular Hbond substituents is 1. The van der Waals surface area contributed by atoms with Crippen LogP contribution in [0.1, 0.15) is 22.3 Å². The van der Waals surface area contributed by atoms with Crippen LogP contribution in [0, 0.1) is 6.92 Å². The molecule has 0 saturated heterocycles. The molecule has 1 aromatic rings. The number of esters is 1. The van der Waals surface area contributed by atoms with Gasteiger partial charge in [-0.2, -0.15) is 0 Å². The van der Waals surface area contributed by atoms with Gasteiger partial charge in [-0.3, -0.25) is 0 Å². The van der Waals surface area contributed by atoms with Crippen molar-refractivity contribution in [2.45, 2.75) is 13.3 Å². The Morgan fingerprint density at radius 1 is 1.47 bits per heavy atom. The van der Waals surface area contributed by atoms with Crippen LogP contribution in [-0.2, 0) is 4.74 Å². The molecule has 4 heteroatoms. The highest BCUT2D eigenvalue weighted by Gasteiger charge is 2.12. The summed E-state index contributed by atoms with van der Waals surface area (Å²) in [5.74, 6) is -0.653. The molecule has 0 bridgehead atoms. The van der Waals surface area contributed by atoms with Crippen LogP contribution < -0.4 is 0 Å². The van der Waals surface area contributed by atoms with Gasteiger partial charge >= 0.3 is 5.97 Å². The van der Waals surface area contributed by atoms with Gasteiger partial charge in [0, 0.05) is 13.0 Å². The number of aliphatic hydroxyl groups excluding tert-OH is 1. The molecule has 0 aromatic heterocycles. The van der Waals surface area contributed by atoms with E-state index in [0.717, 1.165) is 5.56 Å². The lowest BCUT2D eigenvalue weighted by atomic mass is 10.1. The molecule has 0 heterocycles. The molecule has 0 aliphatic rings. The second kappa shape index (κ2) is 5.36. The zero-order valence-electron chi connectivity index (χ0n) is 8.56. The van der Waals surface area contributed by atoms with E-state index in [2.05, 4.69) is 0 Å². The van der Waals surface area contributed by atoms with Crippen molar-refractivity contribution in [2.24, 2.45) is 0 Å². The van der Waals surface area contributed by atoms with Crippen LogP contribution >= 0.6 is 0 Å². The summed E-state index contributed by atoms with van der Waals surface area (Å²) in [5, 5.41) is 17.9. The fourth-order valence-electron chi connectivity index (χ4n) is 1.12. The Labute approximate surface area is 88.1 Å². The van der Waals surface area contributed by atoms with E-state index in [4.69, 9.17) is 9.84 Å². The maximum absolute atomic E-state index is 11.4. The standard InChI is InChI=1S/C11H14O4/c1-8-3-4-10(13)9(7-8)11(14)15-6-2-5-12/h3-4,7,12-13H,2,5-6H2,1H3. The Kier molecular flexibility index (Phi) is 4.12. The smallest absolute Gasteiger partial charge is 0.341 e. The predicted molar refractivity (Wildman–Crippen MR) is 54.8 cm³/mol. The van der Waals surface area contributed by atoms with Crippen LogP contribution in [0.25, 0.3) is 0 Å². The minimum absolute atomic E-state index is 0.0208. The Bertz CT molecular complexity index is 346. The monoisotopic (exact) mass is 210 g/mol. The fraction of sp³-hybridized carbons (Fsp3) is 0.364. The van der Waals surface area contributed by atoms with Crippen molar-refractivity contribution in [1.29, 1.82) is 0 Å². The molecule has 0 spiro atoms. The molecule has 0 unspecified atom stereocenters. The zero-order chi connectivity index (χ0) is 11.3. The lowest BCUT2D eigenvalue weighted by Gasteiger charge is -2.06. The highest BCUT2D eigenvalue weighted by molar-refractivity contribution is 5.92. The van der Waals surface area contributed by atoms with Crippen LogP contribution in [0.2, 0.25) is 0 Å². The lowest BCUT2D eigenvalue weighted by molar-refractivity contribution is 0.0479. The minimum Gasteiger partial charge on any atom is -0.507 e. The highest BCUT2D eigenvalue weighted by Crippen LogP contribution is 2.18. The minimum atomic E-state index is -0.565. The molecule has 0 aliphatic carbocycles. The first-order valence-corrected chi connectivity index (χ1v) is 4.72. The van der Waals surface area contributed by atoms with Gasteiger partial charge < -0.3 is 14.9 Å². The average Bonchev–Trinajstić information content (AvgIpc) is 2.22. The molecule has 2 N–H and O–H groups in total. The van der Waals surface area contributed by atoms with Crippen LogP contribution in [0.15, 0.2) is 18.2 Å². The Balaban J connectivity index is 2.68. The van der Waals surface area contributed by atoms with Gasteiger partial charge in [0.05, 0.1) is 6.61 Å². The number of hydrogen-bond acceptors (Lipinski definition) is 4. The van der Waals surface area contributed by atoms with E-state index >= 15 is 0 Å². The number of hydrogen-bond donors (Lipinski definition) is 2. The Hall–Kier alpha value is -1.55. The van der Waals surface area contributed by atoms with E-state index in [9.17, 15) is 9.90 Å². The summed E-state index contributed by atoms with van der Waals surface area (Å²) in [7, 11) is 0. The molecule has 0 atom stereocenters. The summed E-state index contributed by atoms with van der Waals surface area (Å²) in [6, 6.07) is 4.73. The van der Waals surface area contributed by atoms with E-state index in [1.54, 1.807) is 12.1 Å². The second-order valence-corrected chi connectivity index (χ2v) is 3.23. The number of ether oxygens (including phenoxy) is 1. The van der Waals surface area contributed by atoms with Gasteiger partial charge in [-0.1, -0.05) is 11.6 Å². The van der Waals surface area contributed by atoms with Gasteiger partial charge in [-0.15, -0.1) is 0 Å². The maximum atomic E-state index is 11.4. The van der Waals surface area contributed by atoms with Gasteiger partial charge in [0.15, 0.2) is 0 Å². The van der Waals surface area contributed by atoms with Crippen LogP contribution in [0.4, 0.5) is 0 Å². The molecule has 0 radical (unpaired) electrons. The van der Waals surface area contributed by atoms with E-state index in [1.165, 1.54) is 6.07 Å². The summed E-state index contributed by atoms with van der Waals surface area (Å²) in [6.45, 7) is 1.96. The number of carbonyl (C=O) groups is 1. The number of aryl methyl sites for hydroxylation is 1. The van der Waals surface area contributed by atoms with Gasteiger partial charge in [-0.05, 0) is 19.1 Å². The van der Waals surface area contributed by atoms with E-state index in [1.807, 2.05) is 6.92 Å². The number of aromatic hydroxyl groups is 1. The summed E-state index contributed by atoms with van der Waals surface area (Å²) < 4.78 is 4.85. The van der Waals surface area contributed by atoms with Crippen LogP contribution in [-0.4, -0.2) is 29.4 Å². The van der Waals surface area contributed by atoms with Crippen LogP contribution in [0.3, 0.4) is 0 Å². The average molecular weight is 210 g/mol. The second-order valence-electron chi connectivity index (χ2n) is 3.23. The first-order valence-electron chi connectivity index (χ1n) is 4.72. The fourth-order valence-corrected chi connectivity index (χ4v) is 1.12. The summed E-state index contributed by atoms with van der Waals surface area (Å²) >= 11 is 0. The van der Waals surface area contributed by atoms with Gasteiger partial charge in [-0.25, -0.2) is 4.79 Å². The summed E-state index contributed by atoms with van der Waals surface area (Å²) in [5.41, 5.74) is 1.04. The molecule has 4 nitrogen and oxygen atoms in total. The first-order chi connectivity index (χ1) is 7.15. The molecule has 1 rings (SSSR count). The molecule has 15 heavy (non-hydrogen) atoms. The molecule has 82 valence electrons. The SMILES string of the molecule is Cc1ccc(O)c(C(=O)OCCCO)c1. The molecular formula is C11H14O4. The van der Waals surface area contributed by atoms with E-state index < -0.39 is 5.97 Å². The van der Waals surface area contributed by atoms with Gasteiger partial charge in [0.1, 0.15) is 11.3 Å². The quantitative estimate of drug-likeness (QED) is 0.579. The Morgan fingerprint density at radius 2 is 2.20 bits per heavy atom. The molecule has 0 amide bonds. The van der Waals surface area contributed by atoms with Crippen molar-refractivity contribution in [2.75, 3.05) is 13.2 Å². The number of rotatable bonds is 4. The number of carbonyl (C=O) groups excluding carboxylic acids is 1. The van der Waals surface area contributed by atoms with E-state index in [0.29, 0.717) is 6.42 Å². The summed E-state index contributed by atoms with van der Waals surface area (Å²) in [6.07, 6.45) is 0.401. The van der Waals surface area contributed by atoms with Crippen molar-refractivity contribution in [1.82, 2.24) is 0 Å². The zero-order valence-corrected chi connectivity index (χ0v) is 8.56. The van der Waals surface area contributed by atoms with Crippen molar-refractivity contribution in [3.8, 4) is 5.75 Å². The topological polar surface area (TPSA) is 66.8 Å². The predicted octanol–water partition coefficient (Wildman–Crippen LogP) is 1.24. The molecule has 0 fully saturated rings. The van der Waals surface area contributed by atoms with Gasteiger partial charge in [0.25, 0.3) is 0 Å². The number of aliphatic hydroxyl groups is 1. The van der Waals surface area contributed by atoms with Crippen LogP contribution in [0.5, 0.6) is 5.75 Å². The maximum Gasteiger partial charge on any atom is 0.341 e. The third-order valence-electron chi connectivity index (χ3n) is 1.91. The third kappa shape index (κ3) is 3.25. The Morgan fingerprint density at radius 3 is 2.87 bits per heavy atom. The van der Waals surface area contributed by atoms with Crippen molar-refractivity contribution >= 4 is 5.97 Å². The normalized spacial score (nSPS) is 10.0. The molecule has 0 aliphatic heterocycles. The number of phenols is 1. The third-order valence-corrected chi connectivity index (χ3v) is 1.91. The van der Waals surface area contributed by atoms with Crippen molar-refractivity contribution < 1.29 is 19.7 Å². The van der Waals surface area contributed by atoms with Crippen molar-refractivity contribution in [3.05, 3.63) is 29.3 Å². The lowest BCUT2D eigenvalue weighted by Crippen LogP contribution is -2.07. The largest absolute Gasteiger partial charge is 0.507 e. The molecular weight excluding hydrogens is 196 g/mol. The summed E-state index contributed by atoms with van der Waals surface area (Å²) in [4.78, 5) is 11.4.